The Bertz CT molecular complexity index is 80.4. The maximum absolute atomic E-state index is 9.87. The largest absolute Gasteiger partial charge is 0.481 e. The lowest BCUT2D eigenvalue weighted by atomic mass is 10.2. The molecule has 3 nitrogen and oxygen atoms in total. The molecule has 0 aromatic carbocycles. The van der Waals surface area contributed by atoms with Gasteiger partial charge in [0.2, 0.25) is 0 Å². The Labute approximate surface area is 54.3 Å². The summed E-state index contributed by atoms with van der Waals surface area (Å²) < 4.78 is 0. The Morgan fingerprint density at radius 1 is 1.56 bits per heavy atom. The van der Waals surface area contributed by atoms with Crippen molar-refractivity contribution < 1.29 is 15.0 Å². The molecule has 53 valence electrons. The highest BCUT2D eigenvalue weighted by Gasteiger charge is 1.94. The van der Waals surface area contributed by atoms with Crippen molar-refractivity contribution >= 4 is 5.97 Å². The minimum absolute atomic E-state index is 0.0972. The zero-order chi connectivity index (χ0) is 7.11. The molecule has 0 aromatic heterocycles. The van der Waals surface area contributed by atoms with E-state index in [1.807, 2.05) is 0 Å². The molecule has 0 bridgehead atoms. The molecule has 0 spiro atoms. The van der Waals surface area contributed by atoms with E-state index in [2.05, 4.69) is 0 Å². The van der Waals surface area contributed by atoms with Crippen LogP contribution in [0, 0.1) is 6.42 Å². The van der Waals surface area contributed by atoms with Crippen LogP contribution in [0.3, 0.4) is 0 Å². The van der Waals surface area contributed by atoms with Crippen molar-refractivity contribution in [1.82, 2.24) is 0 Å². The van der Waals surface area contributed by atoms with Crippen LogP contribution in [-0.2, 0) is 4.79 Å². The summed E-state index contributed by atoms with van der Waals surface area (Å²) >= 11 is 0. The summed E-state index contributed by atoms with van der Waals surface area (Å²) in [5.74, 6) is -0.812. The van der Waals surface area contributed by atoms with Crippen LogP contribution in [0.1, 0.15) is 19.3 Å². The predicted molar refractivity (Wildman–Crippen MR) is 32.9 cm³/mol. The van der Waals surface area contributed by atoms with Gasteiger partial charge in [-0.05, 0) is 19.3 Å². The Morgan fingerprint density at radius 2 is 2.22 bits per heavy atom. The number of aliphatic hydroxyl groups is 1. The third-order valence-electron chi connectivity index (χ3n) is 0.885. The van der Waals surface area contributed by atoms with Crippen LogP contribution in [-0.4, -0.2) is 22.8 Å². The van der Waals surface area contributed by atoms with Gasteiger partial charge in [-0.25, -0.2) is 0 Å². The molecule has 0 aromatic rings. The van der Waals surface area contributed by atoms with E-state index in [0.717, 1.165) is 0 Å². The van der Waals surface area contributed by atoms with Gasteiger partial charge in [-0.15, -0.1) is 0 Å². The molecule has 0 saturated heterocycles. The van der Waals surface area contributed by atoms with E-state index in [1.54, 1.807) is 6.42 Å². The first-order chi connectivity index (χ1) is 4.27. The van der Waals surface area contributed by atoms with Crippen LogP contribution in [0.25, 0.3) is 0 Å². The lowest BCUT2D eigenvalue weighted by Gasteiger charge is -1.92. The van der Waals surface area contributed by atoms with Crippen LogP contribution in [0.2, 0.25) is 0 Å². The monoisotopic (exact) mass is 131 g/mol. The van der Waals surface area contributed by atoms with E-state index < -0.39 is 5.97 Å². The molecule has 0 aliphatic carbocycles. The van der Waals surface area contributed by atoms with Crippen molar-refractivity contribution in [2.24, 2.45) is 0 Å². The van der Waals surface area contributed by atoms with Crippen molar-refractivity contribution in [1.29, 1.82) is 0 Å². The van der Waals surface area contributed by atoms with Crippen molar-refractivity contribution in [2.75, 3.05) is 6.61 Å². The van der Waals surface area contributed by atoms with Crippen LogP contribution < -0.4 is 0 Å². The molecule has 0 fully saturated rings. The first-order valence-corrected chi connectivity index (χ1v) is 2.91. The minimum atomic E-state index is -0.812. The third-order valence-corrected chi connectivity index (χ3v) is 0.885. The van der Waals surface area contributed by atoms with Gasteiger partial charge in [0.1, 0.15) is 0 Å². The molecule has 0 unspecified atom stereocenters. The average molecular weight is 131 g/mol. The number of carboxylic acids is 1. The molecule has 0 saturated carbocycles. The highest BCUT2D eigenvalue weighted by molar-refractivity contribution is 5.67. The van der Waals surface area contributed by atoms with E-state index in [4.69, 9.17) is 10.2 Å². The molecule has 0 heterocycles. The molecular formula is C6H11O3. The van der Waals surface area contributed by atoms with Gasteiger partial charge in [-0.3, -0.25) is 4.79 Å². The number of rotatable bonds is 5. The number of carbonyl (C=O) groups is 1. The van der Waals surface area contributed by atoms with Gasteiger partial charge in [-0.2, -0.15) is 0 Å². The number of hydrogen-bond acceptors (Lipinski definition) is 2. The fourth-order valence-electron chi connectivity index (χ4n) is 0.461. The Kier molecular flexibility index (Phi) is 5.21. The highest BCUT2D eigenvalue weighted by Crippen LogP contribution is 1.96. The number of unbranched alkanes of at least 4 members (excludes halogenated alkanes) is 2. The van der Waals surface area contributed by atoms with Gasteiger partial charge in [0.15, 0.2) is 0 Å². The lowest BCUT2D eigenvalue weighted by Crippen LogP contribution is -1.94. The maximum atomic E-state index is 9.87. The fourth-order valence-corrected chi connectivity index (χ4v) is 0.461. The second kappa shape index (κ2) is 5.56. The Hall–Kier alpha value is -0.570. The van der Waals surface area contributed by atoms with E-state index in [9.17, 15) is 4.79 Å². The number of aliphatic carboxylic acids is 1. The standard InChI is InChI=1S/C6H11O3/c7-5-3-1-2-4-6(8)9/h2,7H,1,3-5H2,(H,8,9). The summed E-state index contributed by atoms with van der Waals surface area (Å²) in [6.45, 7) is 0.135. The van der Waals surface area contributed by atoms with E-state index in [0.29, 0.717) is 12.8 Å². The molecular weight excluding hydrogens is 120 g/mol. The number of hydrogen-bond donors (Lipinski definition) is 2. The Balaban J connectivity index is 2.83. The van der Waals surface area contributed by atoms with Gasteiger partial charge < -0.3 is 10.2 Å². The minimum Gasteiger partial charge on any atom is -0.481 e. The second-order valence-electron chi connectivity index (χ2n) is 1.75. The summed E-state index contributed by atoms with van der Waals surface area (Å²) in [4.78, 5) is 9.87. The van der Waals surface area contributed by atoms with Crippen LogP contribution in [0.4, 0.5) is 0 Å². The summed E-state index contributed by atoms with van der Waals surface area (Å²) in [6.07, 6.45) is 3.09. The van der Waals surface area contributed by atoms with E-state index in [1.165, 1.54) is 0 Å². The summed E-state index contributed by atoms with van der Waals surface area (Å²) in [5.41, 5.74) is 0. The molecule has 0 atom stereocenters. The normalized spacial score (nSPS) is 9.44. The van der Waals surface area contributed by atoms with Crippen LogP contribution >= 0.6 is 0 Å². The molecule has 2 N–H and O–H groups in total. The van der Waals surface area contributed by atoms with E-state index >= 15 is 0 Å². The van der Waals surface area contributed by atoms with Crippen molar-refractivity contribution in [2.45, 2.75) is 19.3 Å². The molecule has 0 aliphatic heterocycles. The quantitative estimate of drug-likeness (QED) is 0.532. The number of carboxylic acid groups (broad SMARTS) is 1. The highest BCUT2D eigenvalue weighted by atomic mass is 16.4. The molecule has 0 rings (SSSR count). The maximum Gasteiger partial charge on any atom is 0.303 e. The summed E-state index contributed by atoms with van der Waals surface area (Å²) in [6, 6.07) is 0. The van der Waals surface area contributed by atoms with Gasteiger partial charge in [0, 0.05) is 13.0 Å². The second-order valence-corrected chi connectivity index (χ2v) is 1.75. The van der Waals surface area contributed by atoms with Crippen molar-refractivity contribution in [3.8, 4) is 0 Å². The van der Waals surface area contributed by atoms with E-state index in [-0.39, 0.29) is 13.0 Å². The van der Waals surface area contributed by atoms with Crippen molar-refractivity contribution in [3.05, 3.63) is 6.42 Å². The number of aliphatic hydroxyl groups excluding tert-OH is 1. The zero-order valence-corrected chi connectivity index (χ0v) is 5.21. The van der Waals surface area contributed by atoms with Gasteiger partial charge in [0.05, 0.1) is 0 Å². The van der Waals surface area contributed by atoms with Crippen LogP contribution in [0.15, 0.2) is 0 Å². The predicted octanol–water partition coefficient (Wildman–Crippen LogP) is 0.438. The van der Waals surface area contributed by atoms with Crippen molar-refractivity contribution in [3.63, 3.8) is 0 Å². The first-order valence-electron chi connectivity index (χ1n) is 2.91. The molecule has 1 radical (unpaired) electrons. The SMILES string of the molecule is O=C(O)C[CH]CCCO. The zero-order valence-electron chi connectivity index (χ0n) is 5.21. The summed E-state index contributed by atoms with van der Waals surface area (Å²) in [5, 5.41) is 16.4. The lowest BCUT2D eigenvalue weighted by molar-refractivity contribution is -0.136. The van der Waals surface area contributed by atoms with Gasteiger partial charge in [-0.1, -0.05) is 0 Å². The van der Waals surface area contributed by atoms with Gasteiger partial charge >= 0.3 is 5.97 Å². The average Bonchev–Trinajstić information content (AvgIpc) is 1.80. The smallest absolute Gasteiger partial charge is 0.303 e. The topological polar surface area (TPSA) is 57.5 Å². The summed E-state index contributed by atoms with van der Waals surface area (Å²) in [7, 11) is 0. The fraction of sp³-hybridized carbons (Fsp3) is 0.667. The molecule has 9 heavy (non-hydrogen) atoms. The molecule has 0 amide bonds. The Morgan fingerprint density at radius 3 is 2.67 bits per heavy atom. The van der Waals surface area contributed by atoms with Crippen LogP contribution in [0.5, 0.6) is 0 Å². The first kappa shape index (κ1) is 8.43. The molecule has 3 heteroatoms. The third kappa shape index (κ3) is 7.43. The van der Waals surface area contributed by atoms with Gasteiger partial charge in [0.25, 0.3) is 0 Å². The molecule has 0 aliphatic rings.